The lowest BCUT2D eigenvalue weighted by atomic mass is 10.0. The Morgan fingerprint density at radius 1 is 1.22 bits per heavy atom. The molecule has 0 bridgehead atoms. The number of carbonyl (C=O) groups excluding carboxylic acids is 1. The summed E-state index contributed by atoms with van der Waals surface area (Å²) >= 11 is 3.12. The Morgan fingerprint density at radius 2 is 2.03 bits per heavy atom. The third kappa shape index (κ3) is 6.02. The van der Waals surface area contributed by atoms with Crippen LogP contribution >= 0.6 is 33.3 Å². The molecule has 4 heterocycles. The standard InChI is InChI=1S/C24H27N5O5S3/c1-15-27-28-23(35-15)29-10-6-18(7-11-29)34-24-26-19-4-3-16(13-20(19)36-24)17-5-9-25-21(14-17)37(31,32)12-8-22(30)33-2/h3-4,8,12-14,18,31-32H,5-7,9-11H2,1-2H3. The molecule has 0 unspecified atom stereocenters. The number of aromatic nitrogens is 3. The van der Waals surface area contributed by atoms with Gasteiger partial charge in [0.25, 0.3) is 5.19 Å². The number of dihydropyridines is 1. The van der Waals surface area contributed by atoms with Crippen LogP contribution in [0.5, 0.6) is 5.19 Å². The highest BCUT2D eigenvalue weighted by atomic mass is 32.3. The quantitative estimate of drug-likeness (QED) is 0.311. The molecule has 1 aromatic carbocycles. The van der Waals surface area contributed by atoms with Gasteiger partial charge in [0, 0.05) is 44.0 Å². The number of esters is 1. The molecule has 196 valence electrons. The van der Waals surface area contributed by atoms with Gasteiger partial charge in [0.15, 0.2) is 0 Å². The SMILES string of the molecule is COC(=O)C=CS(O)(O)C1=NCCC(c2ccc3nc(OC4CCN(c5nnc(C)s5)CC4)sc3c2)=C1. The van der Waals surface area contributed by atoms with Crippen LogP contribution < -0.4 is 9.64 Å². The minimum atomic E-state index is -3.35. The highest BCUT2D eigenvalue weighted by molar-refractivity contribution is 8.39. The smallest absolute Gasteiger partial charge is 0.331 e. The predicted octanol–water partition coefficient (Wildman–Crippen LogP) is 5.13. The summed E-state index contributed by atoms with van der Waals surface area (Å²) in [7, 11) is -2.12. The molecule has 10 nitrogen and oxygen atoms in total. The number of hydrogen-bond donors (Lipinski definition) is 2. The van der Waals surface area contributed by atoms with E-state index in [9.17, 15) is 13.9 Å². The number of piperidine rings is 1. The number of ether oxygens (including phenoxy) is 2. The molecule has 2 aliphatic heterocycles. The fourth-order valence-corrected chi connectivity index (χ4v) is 6.82. The van der Waals surface area contributed by atoms with Gasteiger partial charge in [-0.25, -0.2) is 9.78 Å². The second-order valence-corrected chi connectivity index (χ2v) is 12.7. The van der Waals surface area contributed by atoms with E-state index in [1.807, 2.05) is 25.1 Å². The number of hydrogen-bond acceptors (Lipinski definition) is 12. The number of aryl methyl sites for hydroxylation is 1. The fourth-order valence-electron chi connectivity index (χ4n) is 4.13. The number of methoxy groups -OCH3 is 1. The third-order valence-electron chi connectivity index (χ3n) is 6.08. The van der Waals surface area contributed by atoms with Crippen LogP contribution in [-0.2, 0) is 9.53 Å². The zero-order chi connectivity index (χ0) is 26.0. The van der Waals surface area contributed by atoms with Crippen LogP contribution in [0.15, 0.2) is 40.8 Å². The van der Waals surface area contributed by atoms with Gasteiger partial charge in [-0.3, -0.25) is 14.1 Å². The Labute approximate surface area is 223 Å². The average molecular weight is 562 g/mol. The molecule has 2 aromatic heterocycles. The minimum absolute atomic E-state index is 0.105. The fraction of sp³-hybridized carbons (Fsp3) is 0.375. The van der Waals surface area contributed by atoms with Gasteiger partial charge in [-0.05, 0) is 42.7 Å². The molecule has 0 saturated carbocycles. The van der Waals surface area contributed by atoms with Crippen molar-refractivity contribution in [1.29, 1.82) is 0 Å². The maximum Gasteiger partial charge on any atom is 0.331 e. The molecular weight excluding hydrogens is 534 g/mol. The van der Waals surface area contributed by atoms with Gasteiger partial charge in [-0.2, -0.15) is 0 Å². The summed E-state index contributed by atoms with van der Waals surface area (Å²) in [5, 5.41) is 12.1. The number of aliphatic imine (C=N–C) groups is 1. The molecule has 2 N–H and O–H groups in total. The van der Waals surface area contributed by atoms with Crippen LogP contribution in [0.2, 0.25) is 0 Å². The Balaban J connectivity index is 1.26. The molecular formula is C24H27N5O5S3. The highest BCUT2D eigenvalue weighted by Crippen LogP contribution is 2.45. The first-order valence-corrected chi connectivity index (χ1v) is 15.0. The number of benzene rings is 1. The molecule has 5 rings (SSSR count). The second-order valence-electron chi connectivity index (χ2n) is 8.63. The first-order chi connectivity index (χ1) is 17.8. The molecule has 1 fully saturated rings. The van der Waals surface area contributed by atoms with Crippen LogP contribution in [0.3, 0.4) is 0 Å². The topological polar surface area (TPSA) is 130 Å². The Morgan fingerprint density at radius 3 is 2.76 bits per heavy atom. The second kappa shape index (κ2) is 10.9. The molecule has 0 radical (unpaired) electrons. The molecule has 0 amide bonds. The van der Waals surface area contributed by atoms with E-state index in [0.717, 1.165) is 68.9 Å². The van der Waals surface area contributed by atoms with Crippen molar-refractivity contribution in [2.75, 3.05) is 31.6 Å². The van der Waals surface area contributed by atoms with Crippen LogP contribution in [0.1, 0.15) is 29.8 Å². The van der Waals surface area contributed by atoms with Gasteiger partial charge in [0.2, 0.25) is 5.13 Å². The van der Waals surface area contributed by atoms with Gasteiger partial charge < -0.3 is 14.4 Å². The van der Waals surface area contributed by atoms with Crippen LogP contribution in [0.4, 0.5) is 5.13 Å². The number of carbonyl (C=O) groups is 1. The zero-order valence-corrected chi connectivity index (χ0v) is 22.8. The molecule has 13 heteroatoms. The van der Waals surface area contributed by atoms with Crippen molar-refractivity contribution < 1.29 is 23.4 Å². The van der Waals surface area contributed by atoms with Crippen molar-refractivity contribution in [2.24, 2.45) is 4.99 Å². The van der Waals surface area contributed by atoms with E-state index in [1.54, 1.807) is 17.4 Å². The molecule has 37 heavy (non-hydrogen) atoms. The third-order valence-corrected chi connectivity index (χ3v) is 9.27. The first kappa shape index (κ1) is 25.8. The molecule has 0 spiro atoms. The van der Waals surface area contributed by atoms with Gasteiger partial charge in [-0.1, -0.05) is 28.7 Å². The summed E-state index contributed by atoms with van der Waals surface area (Å²) in [6, 6.07) is 5.97. The molecule has 0 aliphatic carbocycles. The van der Waals surface area contributed by atoms with E-state index in [-0.39, 0.29) is 11.1 Å². The number of rotatable bonds is 6. The van der Waals surface area contributed by atoms with E-state index in [2.05, 4.69) is 29.8 Å². The Bertz CT molecular complexity index is 1390. The summed E-state index contributed by atoms with van der Waals surface area (Å²) in [4.78, 5) is 22.6. The summed E-state index contributed by atoms with van der Waals surface area (Å²) < 4.78 is 32.8. The van der Waals surface area contributed by atoms with Gasteiger partial charge in [0.1, 0.15) is 16.2 Å². The van der Waals surface area contributed by atoms with E-state index < -0.39 is 16.6 Å². The summed E-state index contributed by atoms with van der Waals surface area (Å²) in [6.45, 7) is 4.14. The molecule has 3 aromatic rings. The van der Waals surface area contributed by atoms with E-state index >= 15 is 0 Å². The highest BCUT2D eigenvalue weighted by Gasteiger charge is 2.24. The van der Waals surface area contributed by atoms with E-state index in [1.165, 1.54) is 18.4 Å². The maximum absolute atomic E-state index is 11.4. The van der Waals surface area contributed by atoms with Gasteiger partial charge in [0.05, 0.1) is 17.3 Å². The monoisotopic (exact) mass is 561 g/mol. The lowest BCUT2D eigenvalue weighted by molar-refractivity contribution is -0.134. The maximum atomic E-state index is 11.4. The summed E-state index contributed by atoms with van der Waals surface area (Å²) in [5.41, 5.74) is 2.76. The first-order valence-electron chi connectivity index (χ1n) is 11.7. The summed E-state index contributed by atoms with van der Waals surface area (Å²) in [5.74, 6) is -0.660. The van der Waals surface area contributed by atoms with E-state index in [4.69, 9.17) is 4.74 Å². The Hall–Kier alpha value is -2.84. The molecule has 2 aliphatic rings. The van der Waals surface area contributed by atoms with Crippen molar-refractivity contribution in [3.8, 4) is 5.19 Å². The Kier molecular flexibility index (Phi) is 7.58. The van der Waals surface area contributed by atoms with E-state index in [0.29, 0.717) is 18.2 Å². The normalized spacial score (nSPS) is 17.7. The average Bonchev–Trinajstić information content (AvgIpc) is 3.52. The number of fused-ring (bicyclic) bond motifs is 1. The van der Waals surface area contributed by atoms with Gasteiger partial charge >= 0.3 is 5.97 Å². The lowest BCUT2D eigenvalue weighted by Gasteiger charge is -2.30. The predicted molar refractivity (Wildman–Crippen MR) is 149 cm³/mol. The van der Waals surface area contributed by atoms with Crippen molar-refractivity contribution in [2.45, 2.75) is 32.3 Å². The largest absolute Gasteiger partial charge is 0.467 e. The van der Waals surface area contributed by atoms with Crippen molar-refractivity contribution in [3.05, 3.63) is 46.3 Å². The van der Waals surface area contributed by atoms with Crippen molar-refractivity contribution in [3.63, 3.8) is 0 Å². The lowest BCUT2D eigenvalue weighted by Crippen LogP contribution is -2.38. The van der Waals surface area contributed by atoms with Gasteiger partial charge in [-0.15, -0.1) is 20.8 Å². The van der Waals surface area contributed by atoms with Crippen LogP contribution in [0, 0.1) is 6.92 Å². The zero-order valence-electron chi connectivity index (χ0n) is 20.4. The number of anilines is 1. The van der Waals surface area contributed by atoms with Crippen LogP contribution in [0.25, 0.3) is 15.8 Å². The number of thiazole rings is 1. The summed E-state index contributed by atoms with van der Waals surface area (Å²) in [6.07, 6.45) is 5.25. The molecule has 1 saturated heterocycles. The number of nitrogens with zero attached hydrogens (tertiary/aromatic N) is 5. The van der Waals surface area contributed by atoms with Crippen LogP contribution in [-0.4, -0.2) is 68.1 Å². The molecule has 0 atom stereocenters. The minimum Gasteiger partial charge on any atom is -0.467 e. The van der Waals surface area contributed by atoms with Crippen molar-refractivity contribution >= 4 is 65.2 Å². The van der Waals surface area contributed by atoms with Crippen molar-refractivity contribution in [1.82, 2.24) is 15.2 Å².